The molecule has 0 aliphatic carbocycles. The highest BCUT2D eigenvalue weighted by atomic mass is 35.5. The zero-order valence-electron chi connectivity index (χ0n) is 13.7. The molecule has 0 bridgehead atoms. The first-order valence-electron chi connectivity index (χ1n) is 8.26. The molecule has 25 heavy (non-hydrogen) atoms. The molecular weight excluding hydrogens is 348 g/mol. The second-order valence-corrected chi connectivity index (χ2v) is 6.09. The maximum absolute atomic E-state index is 12.7. The number of rotatable bonds is 2. The van der Waals surface area contributed by atoms with Gasteiger partial charge in [-0.25, -0.2) is 4.90 Å². The molecule has 3 aliphatic rings. The number of amides is 2. The maximum Gasteiger partial charge on any atom is 0.263 e. The van der Waals surface area contributed by atoms with Gasteiger partial charge in [0.05, 0.1) is 17.7 Å². The Hall–Kier alpha value is -1.71. The van der Waals surface area contributed by atoms with Crippen molar-refractivity contribution in [2.45, 2.75) is 19.1 Å². The summed E-state index contributed by atoms with van der Waals surface area (Å²) in [7, 11) is 0. The molecule has 1 aromatic carbocycles. The van der Waals surface area contributed by atoms with Crippen molar-refractivity contribution in [2.24, 2.45) is 0 Å². The number of nitrogens with one attached hydrogen (secondary N) is 2. The van der Waals surface area contributed by atoms with Crippen LogP contribution in [0.15, 0.2) is 18.2 Å². The van der Waals surface area contributed by atoms with E-state index in [1.54, 1.807) is 6.07 Å². The first-order valence-corrected chi connectivity index (χ1v) is 8.26. The number of carbonyl (C=O) groups is 2. The minimum atomic E-state index is -0.642. The van der Waals surface area contributed by atoms with E-state index in [-0.39, 0.29) is 24.2 Å². The Kier molecular flexibility index (Phi) is 5.55. The van der Waals surface area contributed by atoms with Crippen LogP contribution >= 0.6 is 12.4 Å². The van der Waals surface area contributed by atoms with Gasteiger partial charge in [-0.05, 0) is 31.2 Å². The van der Waals surface area contributed by atoms with E-state index in [2.05, 4.69) is 15.9 Å². The van der Waals surface area contributed by atoms with Gasteiger partial charge in [0.15, 0.2) is 6.23 Å². The van der Waals surface area contributed by atoms with Crippen molar-refractivity contribution in [3.05, 3.63) is 29.3 Å². The first kappa shape index (κ1) is 18.1. The lowest BCUT2D eigenvalue weighted by molar-refractivity contribution is -0.259. The van der Waals surface area contributed by atoms with Gasteiger partial charge in [0.2, 0.25) is 0 Å². The molecule has 0 saturated carbocycles. The highest BCUT2D eigenvalue weighted by Crippen LogP contribution is 2.30. The second kappa shape index (κ2) is 7.67. The van der Waals surface area contributed by atoms with E-state index >= 15 is 0 Å². The van der Waals surface area contributed by atoms with E-state index in [4.69, 9.17) is 9.68 Å². The Morgan fingerprint density at radius 2 is 1.92 bits per heavy atom. The van der Waals surface area contributed by atoms with Crippen LogP contribution < -0.4 is 15.9 Å². The molecule has 1 atom stereocenters. The van der Waals surface area contributed by atoms with Crippen molar-refractivity contribution in [3.63, 3.8) is 0 Å². The topological polar surface area (TPSA) is 83.1 Å². The Balaban J connectivity index is 0.00000182. The lowest BCUT2D eigenvalue weighted by Gasteiger charge is -2.28. The molecule has 1 aromatic rings. The zero-order valence-corrected chi connectivity index (χ0v) is 14.5. The summed E-state index contributed by atoms with van der Waals surface area (Å²) >= 11 is 0. The van der Waals surface area contributed by atoms with Crippen LogP contribution in [0.1, 0.15) is 33.6 Å². The number of hydrogen-bond acceptors (Lipinski definition) is 7. The van der Waals surface area contributed by atoms with Crippen molar-refractivity contribution in [1.29, 1.82) is 0 Å². The van der Waals surface area contributed by atoms with Crippen LogP contribution in [0.5, 0.6) is 0 Å². The average molecular weight is 369 g/mol. The monoisotopic (exact) mass is 368 g/mol. The largest absolute Gasteiger partial charge is 0.370 e. The molecule has 3 heterocycles. The maximum atomic E-state index is 12.7. The Bertz CT molecular complexity index is 658. The van der Waals surface area contributed by atoms with Gasteiger partial charge in [-0.2, -0.15) is 0 Å². The number of halogens is 1. The fourth-order valence-corrected chi connectivity index (χ4v) is 3.34. The molecule has 9 heteroatoms. The second-order valence-electron chi connectivity index (χ2n) is 6.09. The van der Waals surface area contributed by atoms with Crippen LogP contribution in [-0.4, -0.2) is 55.7 Å². The predicted molar refractivity (Wildman–Crippen MR) is 92.5 cm³/mol. The van der Waals surface area contributed by atoms with Gasteiger partial charge < -0.3 is 10.2 Å². The summed E-state index contributed by atoms with van der Waals surface area (Å²) in [6.45, 7) is 4.12. The van der Waals surface area contributed by atoms with Crippen LogP contribution in [0.4, 0.5) is 5.69 Å². The molecule has 4 rings (SSSR count). The van der Waals surface area contributed by atoms with Crippen LogP contribution in [0.3, 0.4) is 0 Å². The Morgan fingerprint density at radius 1 is 1.08 bits per heavy atom. The van der Waals surface area contributed by atoms with Gasteiger partial charge in [-0.15, -0.1) is 12.4 Å². The standard InChI is InChI=1S/C16H20N4O4.ClH/c21-15-12-3-2-11(19-7-1-5-17-6-8-19)10-13(12)16(22)20(15)14-4-9-23-18-24-14;/h2-3,10,14,17-18H,1,4-9H2;1H. The van der Waals surface area contributed by atoms with E-state index in [0.717, 1.165) is 38.3 Å². The Morgan fingerprint density at radius 3 is 2.72 bits per heavy atom. The lowest BCUT2D eigenvalue weighted by atomic mass is 10.1. The third-order valence-corrected chi connectivity index (χ3v) is 4.60. The van der Waals surface area contributed by atoms with Gasteiger partial charge in [0.1, 0.15) is 0 Å². The number of imide groups is 1. The number of anilines is 1. The molecule has 0 radical (unpaired) electrons. The van der Waals surface area contributed by atoms with Crippen LogP contribution in [-0.2, 0) is 9.68 Å². The molecule has 2 fully saturated rings. The van der Waals surface area contributed by atoms with Gasteiger partial charge in [-0.1, -0.05) is 5.64 Å². The summed E-state index contributed by atoms with van der Waals surface area (Å²) in [5.74, 6) is -0.619. The highest BCUT2D eigenvalue weighted by molar-refractivity contribution is 6.21. The average Bonchev–Trinajstić information content (AvgIpc) is 2.81. The number of benzene rings is 1. The summed E-state index contributed by atoms with van der Waals surface area (Å²) in [5, 5.41) is 3.36. The Labute approximate surface area is 151 Å². The van der Waals surface area contributed by atoms with E-state index < -0.39 is 6.23 Å². The van der Waals surface area contributed by atoms with Crippen molar-refractivity contribution in [1.82, 2.24) is 15.9 Å². The normalized spacial score (nSPS) is 23.9. The fourth-order valence-electron chi connectivity index (χ4n) is 3.34. The third-order valence-electron chi connectivity index (χ3n) is 4.60. The van der Waals surface area contributed by atoms with E-state index in [1.165, 1.54) is 4.90 Å². The van der Waals surface area contributed by atoms with Crippen LogP contribution in [0.2, 0.25) is 0 Å². The zero-order chi connectivity index (χ0) is 16.5. The SMILES string of the molecule is Cl.O=C1c2ccc(N3CCCNCC3)cc2C(=O)N1C1CCONO1. The van der Waals surface area contributed by atoms with E-state index in [1.807, 2.05) is 12.1 Å². The highest BCUT2D eigenvalue weighted by Gasteiger charge is 2.41. The summed E-state index contributed by atoms with van der Waals surface area (Å²) in [6.07, 6.45) is 0.859. The van der Waals surface area contributed by atoms with Crippen molar-refractivity contribution in [3.8, 4) is 0 Å². The van der Waals surface area contributed by atoms with Crippen LogP contribution in [0.25, 0.3) is 0 Å². The quantitative estimate of drug-likeness (QED) is 0.743. The third kappa shape index (κ3) is 3.36. The number of carbonyl (C=O) groups excluding carboxylic acids is 2. The summed E-state index contributed by atoms with van der Waals surface area (Å²) in [6, 6.07) is 5.49. The number of hydrogen-bond donors (Lipinski definition) is 2. The molecule has 0 aromatic heterocycles. The molecule has 0 spiro atoms. The minimum Gasteiger partial charge on any atom is -0.370 e. The number of nitrogens with zero attached hydrogens (tertiary/aromatic N) is 2. The van der Waals surface area contributed by atoms with Gasteiger partial charge in [-0.3, -0.25) is 19.3 Å². The molecule has 3 aliphatic heterocycles. The fraction of sp³-hybridized carbons (Fsp3) is 0.500. The molecule has 2 saturated heterocycles. The first-order chi connectivity index (χ1) is 11.8. The summed E-state index contributed by atoms with van der Waals surface area (Å²) in [4.78, 5) is 38.8. The lowest BCUT2D eigenvalue weighted by Crippen LogP contribution is -2.47. The van der Waals surface area contributed by atoms with Gasteiger partial charge in [0.25, 0.3) is 11.8 Å². The smallest absolute Gasteiger partial charge is 0.263 e. The van der Waals surface area contributed by atoms with Gasteiger partial charge >= 0.3 is 0 Å². The molecular formula is C16H21ClN4O4. The predicted octanol–water partition coefficient (Wildman–Crippen LogP) is 0.687. The van der Waals surface area contributed by atoms with Crippen molar-refractivity contribution >= 4 is 29.9 Å². The molecule has 136 valence electrons. The van der Waals surface area contributed by atoms with Crippen molar-refractivity contribution in [2.75, 3.05) is 37.7 Å². The molecule has 8 nitrogen and oxygen atoms in total. The van der Waals surface area contributed by atoms with E-state index in [0.29, 0.717) is 24.2 Å². The minimum absolute atomic E-state index is 0. The van der Waals surface area contributed by atoms with Gasteiger partial charge in [0, 0.05) is 31.7 Å². The molecule has 2 N–H and O–H groups in total. The molecule has 2 amide bonds. The van der Waals surface area contributed by atoms with E-state index in [9.17, 15) is 9.59 Å². The molecule has 1 unspecified atom stereocenters. The summed E-state index contributed by atoms with van der Waals surface area (Å²) < 4.78 is 0. The van der Waals surface area contributed by atoms with Crippen LogP contribution in [0, 0.1) is 0 Å². The number of fused-ring (bicyclic) bond motifs is 1. The summed E-state index contributed by atoms with van der Waals surface area (Å²) in [5.41, 5.74) is 4.15. The van der Waals surface area contributed by atoms with Crippen molar-refractivity contribution < 1.29 is 19.3 Å².